The van der Waals surface area contributed by atoms with Crippen LogP contribution in [0.15, 0.2) is 18.5 Å². The highest BCUT2D eigenvalue weighted by atomic mass is 16.1. The zero-order valence-electron chi connectivity index (χ0n) is 8.97. The van der Waals surface area contributed by atoms with Gasteiger partial charge in [0.1, 0.15) is 5.52 Å². The number of nitrogens with zero attached hydrogens (tertiary/aromatic N) is 3. The van der Waals surface area contributed by atoms with Gasteiger partial charge in [-0.25, -0.2) is 4.98 Å². The number of aromatic nitrogens is 3. The molecule has 84 valence electrons. The Balaban J connectivity index is 2.29. The molecule has 1 amide bonds. The summed E-state index contributed by atoms with van der Waals surface area (Å²) >= 11 is 0. The van der Waals surface area contributed by atoms with Crippen LogP contribution in [0.5, 0.6) is 0 Å². The fourth-order valence-corrected chi connectivity index (χ4v) is 1.57. The summed E-state index contributed by atoms with van der Waals surface area (Å²) in [7, 11) is 1.61. The highest BCUT2D eigenvalue weighted by molar-refractivity contribution is 5.78. The lowest BCUT2D eigenvalue weighted by molar-refractivity contribution is -0.120. The second kappa shape index (κ2) is 4.18. The molecule has 0 atom stereocenters. The second-order valence-corrected chi connectivity index (χ2v) is 3.41. The molecule has 0 aromatic carbocycles. The van der Waals surface area contributed by atoms with Gasteiger partial charge >= 0.3 is 0 Å². The Morgan fingerprint density at radius 2 is 2.44 bits per heavy atom. The minimum Gasteiger partial charge on any atom is -0.369 e. The van der Waals surface area contributed by atoms with E-state index in [4.69, 9.17) is 5.73 Å². The number of carbonyl (C=O) groups excluding carboxylic acids is 1. The van der Waals surface area contributed by atoms with Crippen molar-refractivity contribution in [2.45, 2.75) is 13.0 Å². The van der Waals surface area contributed by atoms with Gasteiger partial charge in [0.15, 0.2) is 0 Å². The van der Waals surface area contributed by atoms with Crippen LogP contribution in [0.3, 0.4) is 0 Å². The molecule has 2 rings (SSSR count). The van der Waals surface area contributed by atoms with Crippen molar-refractivity contribution in [2.24, 2.45) is 0 Å². The summed E-state index contributed by atoms with van der Waals surface area (Å²) in [4.78, 5) is 19.3. The average Bonchev–Trinajstić information content (AvgIpc) is 2.62. The lowest BCUT2D eigenvalue weighted by Crippen LogP contribution is -2.19. The molecule has 3 N–H and O–H groups in total. The van der Waals surface area contributed by atoms with Crippen LogP contribution < -0.4 is 11.1 Å². The fourth-order valence-electron chi connectivity index (χ4n) is 1.57. The van der Waals surface area contributed by atoms with Crippen LogP contribution in [-0.4, -0.2) is 27.5 Å². The number of nitrogens with one attached hydrogen (secondary N) is 1. The van der Waals surface area contributed by atoms with Crippen molar-refractivity contribution in [3.05, 3.63) is 18.5 Å². The van der Waals surface area contributed by atoms with E-state index in [0.29, 0.717) is 18.9 Å². The number of pyridine rings is 1. The van der Waals surface area contributed by atoms with E-state index in [-0.39, 0.29) is 5.91 Å². The first kappa shape index (κ1) is 10.4. The summed E-state index contributed by atoms with van der Waals surface area (Å²) in [6, 6.07) is 1.84. The van der Waals surface area contributed by atoms with Gasteiger partial charge in [-0.3, -0.25) is 9.78 Å². The Labute approximate surface area is 92.5 Å². The third kappa shape index (κ3) is 1.81. The number of nitrogens with two attached hydrogens (primary N) is 1. The van der Waals surface area contributed by atoms with Gasteiger partial charge in [-0.15, -0.1) is 0 Å². The number of hydrogen-bond donors (Lipinski definition) is 2. The number of imidazole rings is 1. The lowest BCUT2D eigenvalue weighted by Gasteiger charge is -2.05. The topological polar surface area (TPSA) is 85.8 Å². The standard InChI is InChI=1S/C10H13N5O/c1-12-9(16)3-5-15-8-2-4-13-6-7(8)14-10(15)11/h2,4,6H,3,5H2,1H3,(H2,11,14)(H,12,16). The first-order valence-electron chi connectivity index (χ1n) is 4.98. The quantitative estimate of drug-likeness (QED) is 0.769. The van der Waals surface area contributed by atoms with E-state index in [9.17, 15) is 4.79 Å². The zero-order valence-corrected chi connectivity index (χ0v) is 8.97. The summed E-state index contributed by atoms with van der Waals surface area (Å²) in [5, 5.41) is 2.57. The Kier molecular flexibility index (Phi) is 2.72. The Hall–Kier alpha value is -2.11. The third-order valence-corrected chi connectivity index (χ3v) is 2.42. The largest absolute Gasteiger partial charge is 0.369 e. The molecule has 0 fully saturated rings. The molecular weight excluding hydrogens is 206 g/mol. The maximum absolute atomic E-state index is 11.2. The molecule has 2 aromatic heterocycles. The van der Waals surface area contributed by atoms with Gasteiger partial charge in [-0.2, -0.15) is 0 Å². The van der Waals surface area contributed by atoms with Crippen LogP contribution in [0.1, 0.15) is 6.42 Å². The number of amides is 1. The molecule has 0 saturated heterocycles. The van der Waals surface area contributed by atoms with Crippen LogP contribution in [-0.2, 0) is 11.3 Å². The van der Waals surface area contributed by atoms with Crippen LogP contribution >= 0.6 is 0 Å². The molecule has 0 aliphatic carbocycles. The van der Waals surface area contributed by atoms with Crippen LogP contribution in [0.4, 0.5) is 5.95 Å². The second-order valence-electron chi connectivity index (χ2n) is 3.41. The lowest BCUT2D eigenvalue weighted by atomic mass is 10.3. The van der Waals surface area contributed by atoms with Crippen molar-refractivity contribution < 1.29 is 4.79 Å². The van der Waals surface area contributed by atoms with Crippen molar-refractivity contribution in [1.82, 2.24) is 19.9 Å². The molecule has 6 heteroatoms. The zero-order chi connectivity index (χ0) is 11.5. The molecule has 0 radical (unpaired) electrons. The van der Waals surface area contributed by atoms with Gasteiger partial charge in [-0.05, 0) is 6.07 Å². The van der Waals surface area contributed by atoms with Gasteiger partial charge in [0, 0.05) is 26.2 Å². The Morgan fingerprint density at radius 3 is 3.19 bits per heavy atom. The minimum atomic E-state index is -0.0182. The van der Waals surface area contributed by atoms with E-state index in [2.05, 4.69) is 15.3 Å². The number of aryl methyl sites for hydroxylation is 1. The average molecular weight is 219 g/mol. The number of hydrogen-bond acceptors (Lipinski definition) is 4. The van der Waals surface area contributed by atoms with Crippen molar-refractivity contribution in [3.8, 4) is 0 Å². The number of anilines is 1. The molecule has 0 unspecified atom stereocenters. The molecule has 0 aliphatic rings. The van der Waals surface area contributed by atoms with Crippen LogP contribution in [0, 0.1) is 0 Å². The fraction of sp³-hybridized carbons (Fsp3) is 0.300. The van der Waals surface area contributed by atoms with Crippen molar-refractivity contribution in [1.29, 1.82) is 0 Å². The van der Waals surface area contributed by atoms with E-state index in [1.54, 1.807) is 19.4 Å². The number of nitrogen functional groups attached to an aromatic ring is 1. The first-order chi connectivity index (χ1) is 7.72. The van der Waals surface area contributed by atoms with Gasteiger partial charge < -0.3 is 15.6 Å². The van der Waals surface area contributed by atoms with E-state index < -0.39 is 0 Å². The van der Waals surface area contributed by atoms with Crippen molar-refractivity contribution in [3.63, 3.8) is 0 Å². The van der Waals surface area contributed by atoms with E-state index in [0.717, 1.165) is 11.0 Å². The highest BCUT2D eigenvalue weighted by Gasteiger charge is 2.08. The van der Waals surface area contributed by atoms with Crippen LogP contribution in [0.25, 0.3) is 11.0 Å². The third-order valence-electron chi connectivity index (χ3n) is 2.42. The van der Waals surface area contributed by atoms with Gasteiger partial charge in [0.2, 0.25) is 11.9 Å². The predicted octanol–water partition coefficient (Wildman–Crippen LogP) is 0.150. The molecule has 6 nitrogen and oxygen atoms in total. The summed E-state index contributed by atoms with van der Waals surface area (Å²) in [6.07, 6.45) is 3.72. The molecule has 0 saturated carbocycles. The summed E-state index contributed by atoms with van der Waals surface area (Å²) in [5.41, 5.74) is 7.42. The summed E-state index contributed by atoms with van der Waals surface area (Å²) in [5.74, 6) is 0.391. The number of fused-ring (bicyclic) bond motifs is 1. The normalized spacial score (nSPS) is 10.6. The maximum atomic E-state index is 11.2. The van der Waals surface area contributed by atoms with Gasteiger partial charge in [0.25, 0.3) is 0 Å². The first-order valence-corrected chi connectivity index (χ1v) is 4.98. The molecule has 2 aromatic rings. The highest BCUT2D eigenvalue weighted by Crippen LogP contribution is 2.16. The van der Waals surface area contributed by atoms with Crippen LogP contribution in [0.2, 0.25) is 0 Å². The molecule has 0 bridgehead atoms. The van der Waals surface area contributed by atoms with Gasteiger partial charge in [0.05, 0.1) is 11.7 Å². The minimum absolute atomic E-state index is 0.0182. The smallest absolute Gasteiger partial charge is 0.221 e. The maximum Gasteiger partial charge on any atom is 0.221 e. The number of rotatable bonds is 3. The van der Waals surface area contributed by atoms with E-state index in [1.807, 2.05) is 10.6 Å². The Morgan fingerprint density at radius 1 is 1.62 bits per heavy atom. The molecule has 16 heavy (non-hydrogen) atoms. The summed E-state index contributed by atoms with van der Waals surface area (Å²) < 4.78 is 1.81. The monoisotopic (exact) mass is 219 g/mol. The SMILES string of the molecule is CNC(=O)CCn1c(N)nc2cnccc21. The number of carbonyl (C=O) groups is 1. The van der Waals surface area contributed by atoms with Gasteiger partial charge in [-0.1, -0.05) is 0 Å². The summed E-state index contributed by atoms with van der Waals surface area (Å²) in [6.45, 7) is 0.520. The Bertz CT molecular complexity index is 519. The predicted molar refractivity (Wildman–Crippen MR) is 60.6 cm³/mol. The van der Waals surface area contributed by atoms with E-state index in [1.165, 1.54) is 0 Å². The molecule has 0 aliphatic heterocycles. The molecular formula is C10H13N5O. The van der Waals surface area contributed by atoms with Crippen molar-refractivity contribution in [2.75, 3.05) is 12.8 Å². The molecule has 0 spiro atoms. The van der Waals surface area contributed by atoms with Crippen molar-refractivity contribution >= 4 is 22.9 Å². The van der Waals surface area contributed by atoms with E-state index >= 15 is 0 Å². The molecule has 2 heterocycles.